The van der Waals surface area contributed by atoms with Gasteiger partial charge in [-0.05, 0) is 42.3 Å². The highest BCUT2D eigenvalue weighted by molar-refractivity contribution is 7.98. The molecule has 2 aromatic rings. The van der Waals surface area contributed by atoms with E-state index in [1.807, 2.05) is 12.1 Å². The van der Waals surface area contributed by atoms with Crippen LogP contribution in [0.25, 0.3) is 0 Å². The van der Waals surface area contributed by atoms with Gasteiger partial charge in [-0.2, -0.15) is 0 Å². The second-order valence-corrected chi connectivity index (χ2v) is 5.75. The fourth-order valence-corrected chi connectivity index (χ4v) is 2.77. The second-order valence-electron chi connectivity index (χ2n) is 4.70. The molecule has 2 rings (SSSR count). The van der Waals surface area contributed by atoms with Crippen LogP contribution in [0.1, 0.15) is 24.5 Å². The molecule has 0 fully saturated rings. The minimum absolute atomic E-state index is 0.125. The summed E-state index contributed by atoms with van der Waals surface area (Å²) in [5.41, 5.74) is 2.04. The monoisotopic (exact) mass is 289 g/mol. The van der Waals surface area contributed by atoms with Crippen molar-refractivity contribution in [3.63, 3.8) is 0 Å². The Bertz CT molecular complexity index is 525. The Morgan fingerprint density at radius 1 is 1.05 bits per heavy atom. The Labute approximate surface area is 124 Å². The van der Waals surface area contributed by atoms with E-state index in [-0.39, 0.29) is 5.82 Å². The summed E-state index contributed by atoms with van der Waals surface area (Å²) < 4.78 is 13.5. The van der Waals surface area contributed by atoms with E-state index in [4.69, 9.17) is 0 Å². The van der Waals surface area contributed by atoms with E-state index in [0.29, 0.717) is 5.75 Å². The van der Waals surface area contributed by atoms with E-state index < -0.39 is 0 Å². The van der Waals surface area contributed by atoms with Crippen molar-refractivity contribution in [3.8, 4) is 0 Å². The lowest BCUT2D eigenvalue weighted by atomic mass is 10.2. The summed E-state index contributed by atoms with van der Waals surface area (Å²) in [7, 11) is 0. The summed E-state index contributed by atoms with van der Waals surface area (Å²) >= 11 is 1.66. The van der Waals surface area contributed by atoms with Crippen molar-refractivity contribution in [2.24, 2.45) is 0 Å². The molecule has 0 spiro atoms. The van der Waals surface area contributed by atoms with Crippen LogP contribution in [0, 0.1) is 5.82 Å². The fourth-order valence-electron chi connectivity index (χ4n) is 1.89. The Morgan fingerprint density at radius 3 is 2.50 bits per heavy atom. The molecule has 0 heterocycles. The maximum absolute atomic E-state index is 13.5. The summed E-state index contributed by atoms with van der Waals surface area (Å²) in [5.74, 6) is 0.542. The third-order valence-corrected chi connectivity index (χ3v) is 4.09. The van der Waals surface area contributed by atoms with Gasteiger partial charge < -0.3 is 5.32 Å². The van der Waals surface area contributed by atoms with Gasteiger partial charge in [0.15, 0.2) is 0 Å². The molecule has 0 radical (unpaired) electrons. The number of rotatable bonds is 7. The minimum Gasteiger partial charge on any atom is -0.313 e. The lowest BCUT2D eigenvalue weighted by molar-refractivity contribution is 0.617. The minimum atomic E-state index is -0.125. The molecule has 3 heteroatoms. The Kier molecular flexibility index (Phi) is 6.09. The quantitative estimate of drug-likeness (QED) is 0.590. The molecule has 0 bridgehead atoms. The molecule has 0 aliphatic rings. The standard InChI is InChI=1S/C17H20FNS/c1-2-11-19-12-14-7-9-16(10-8-14)20-13-15-5-3-4-6-17(15)18/h3-10,19H,2,11-13H2,1H3. The normalized spacial score (nSPS) is 10.7. The molecule has 20 heavy (non-hydrogen) atoms. The molecule has 1 nitrogen and oxygen atoms in total. The number of benzene rings is 2. The molecule has 0 aromatic heterocycles. The van der Waals surface area contributed by atoms with Gasteiger partial charge in [-0.1, -0.05) is 37.3 Å². The topological polar surface area (TPSA) is 12.0 Å². The largest absolute Gasteiger partial charge is 0.313 e. The molecule has 2 aromatic carbocycles. The van der Waals surface area contributed by atoms with Crippen molar-refractivity contribution < 1.29 is 4.39 Å². The van der Waals surface area contributed by atoms with Crippen LogP contribution in [0.2, 0.25) is 0 Å². The SMILES string of the molecule is CCCNCc1ccc(SCc2ccccc2F)cc1. The summed E-state index contributed by atoms with van der Waals surface area (Å²) in [6.45, 7) is 4.12. The van der Waals surface area contributed by atoms with Crippen LogP contribution in [-0.2, 0) is 12.3 Å². The molecule has 106 valence electrons. The predicted octanol–water partition coefficient (Wildman–Crippen LogP) is 4.62. The van der Waals surface area contributed by atoms with E-state index in [1.165, 1.54) is 16.5 Å². The van der Waals surface area contributed by atoms with Gasteiger partial charge in [-0.15, -0.1) is 11.8 Å². The first-order valence-corrected chi connectivity index (χ1v) is 7.94. The van der Waals surface area contributed by atoms with Crippen LogP contribution in [-0.4, -0.2) is 6.54 Å². The highest BCUT2D eigenvalue weighted by Gasteiger charge is 2.02. The molecule has 0 saturated carbocycles. The van der Waals surface area contributed by atoms with Gasteiger partial charge in [0.05, 0.1) is 0 Å². The smallest absolute Gasteiger partial charge is 0.127 e. The van der Waals surface area contributed by atoms with Gasteiger partial charge in [0, 0.05) is 17.2 Å². The summed E-state index contributed by atoms with van der Waals surface area (Å²) in [5, 5.41) is 3.38. The van der Waals surface area contributed by atoms with Crippen molar-refractivity contribution in [2.75, 3.05) is 6.54 Å². The van der Waals surface area contributed by atoms with Crippen LogP contribution < -0.4 is 5.32 Å². The molecule has 0 atom stereocenters. The maximum Gasteiger partial charge on any atom is 0.127 e. The van der Waals surface area contributed by atoms with Crippen molar-refractivity contribution >= 4 is 11.8 Å². The van der Waals surface area contributed by atoms with Crippen molar-refractivity contribution in [1.29, 1.82) is 0 Å². The first-order chi connectivity index (χ1) is 9.79. The first-order valence-electron chi connectivity index (χ1n) is 6.95. The van der Waals surface area contributed by atoms with Crippen LogP contribution >= 0.6 is 11.8 Å². The molecule has 0 saturated heterocycles. The fraction of sp³-hybridized carbons (Fsp3) is 0.294. The number of halogens is 1. The number of thioether (sulfide) groups is 1. The molecule has 0 aliphatic carbocycles. The molecule has 0 aliphatic heterocycles. The Morgan fingerprint density at radius 2 is 1.80 bits per heavy atom. The molecular formula is C17H20FNS. The van der Waals surface area contributed by atoms with Crippen LogP contribution in [0.5, 0.6) is 0 Å². The Hall–Kier alpha value is -1.32. The zero-order chi connectivity index (χ0) is 14.2. The van der Waals surface area contributed by atoms with Crippen LogP contribution in [0.15, 0.2) is 53.4 Å². The number of hydrogen-bond acceptors (Lipinski definition) is 2. The van der Waals surface area contributed by atoms with E-state index in [0.717, 1.165) is 25.1 Å². The van der Waals surface area contributed by atoms with E-state index in [2.05, 4.69) is 36.5 Å². The van der Waals surface area contributed by atoms with Gasteiger partial charge in [-0.25, -0.2) is 4.39 Å². The van der Waals surface area contributed by atoms with E-state index in [9.17, 15) is 4.39 Å². The van der Waals surface area contributed by atoms with Gasteiger partial charge in [0.2, 0.25) is 0 Å². The zero-order valence-corrected chi connectivity index (χ0v) is 12.5. The van der Waals surface area contributed by atoms with Crippen LogP contribution in [0.3, 0.4) is 0 Å². The van der Waals surface area contributed by atoms with Gasteiger partial charge in [-0.3, -0.25) is 0 Å². The van der Waals surface area contributed by atoms with E-state index in [1.54, 1.807) is 17.8 Å². The lowest BCUT2D eigenvalue weighted by Gasteiger charge is -2.06. The van der Waals surface area contributed by atoms with Crippen molar-refractivity contribution in [2.45, 2.75) is 30.5 Å². The third kappa shape index (κ3) is 4.66. The highest BCUT2D eigenvalue weighted by atomic mass is 32.2. The molecule has 1 N–H and O–H groups in total. The summed E-state index contributed by atoms with van der Waals surface area (Å²) in [6.07, 6.45) is 1.15. The van der Waals surface area contributed by atoms with Crippen molar-refractivity contribution in [3.05, 3.63) is 65.5 Å². The average molecular weight is 289 g/mol. The number of nitrogens with one attached hydrogen (secondary N) is 1. The van der Waals surface area contributed by atoms with Gasteiger partial charge in [0.25, 0.3) is 0 Å². The molecule has 0 unspecified atom stereocenters. The van der Waals surface area contributed by atoms with Gasteiger partial charge in [0.1, 0.15) is 5.82 Å². The Balaban J connectivity index is 1.86. The zero-order valence-electron chi connectivity index (χ0n) is 11.7. The van der Waals surface area contributed by atoms with Gasteiger partial charge >= 0.3 is 0 Å². The van der Waals surface area contributed by atoms with E-state index >= 15 is 0 Å². The highest BCUT2D eigenvalue weighted by Crippen LogP contribution is 2.24. The summed E-state index contributed by atoms with van der Waals surface area (Å²) in [6, 6.07) is 15.4. The number of hydrogen-bond donors (Lipinski definition) is 1. The average Bonchev–Trinajstić information content (AvgIpc) is 2.48. The molecular weight excluding hydrogens is 269 g/mol. The lowest BCUT2D eigenvalue weighted by Crippen LogP contribution is -2.13. The third-order valence-electron chi connectivity index (χ3n) is 3.03. The maximum atomic E-state index is 13.5. The van der Waals surface area contributed by atoms with Crippen LogP contribution in [0.4, 0.5) is 4.39 Å². The predicted molar refractivity (Wildman–Crippen MR) is 84.4 cm³/mol. The molecule has 0 amide bonds. The second kappa shape index (κ2) is 8.08. The first kappa shape index (κ1) is 15.1. The van der Waals surface area contributed by atoms with Crippen molar-refractivity contribution in [1.82, 2.24) is 5.32 Å². The summed E-state index contributed by atoms with van der Waals surface area (Å²) in [4.78, 5) is 1.17.